The molecule has 2 aromatic heterocycles. The maximum Gasteiger partial charge on any atom is 0.234 e. The maximum atomic E-state index is 13.2. The number of fused-ring (bicyclic) bond motifs is 1. The van der Waals surface area contributed by atoms with Crippen LogP contribution in [-0.4, -0.2) is 45.6 Å². The first-order valence-corrected chi connectivity index (χ1v) is 10.7. The Balaban J connectivity index is 1.51. The van der Waals surface area contributed by atoms with Crippen LogP contribution < -0.4 is 14.8 Å². The van der Waals surface area contributed by atoms with E-state index in [2.05, 4.69) is 20.4 Å². The minimum absolute atomic E-state index is 0.0853. The first-order valence-electron chi connectivity index (χ1n) is 9.29. The Morgan fingerprint density at radius 1 is 1.16 bits per heavy atom. The highest BCUT2D eigenvalue weighted by atomic mass is 35.5. The van der Waals surface area contributed by atoms with Crippen molar-refractivity contribution in [2.24, 2.45) is 0 Å². The normalized spacial score (nSPS) is 10.9. The van der Waals surface area contributed by atoms with E-state index in [-0.39, 0.29) is 17.5 Å². The van der Waals surface area contributed by atoms with E-state index in [1.807, 2.05) is 0 Å². The Kier molecular flexibility index (Phi) is 6.42. The Hall–Kier alpha value is -3.37. The Morgan fingerprint density at radius 2 is 1.91 bits per heavy atom. The van der Waals surface area contributed by atoms with Crippen LogP contribution in [0.15, 0.2) is 53.9 Å². The van der Waals surface area contributed by atoms with Gasteiger partial charge in [0.2, 0.25) is 5.91 Å². The van der Waals surface area contributed by atoms with Crippen LogP contribution in [0.5, 0.6) is 11.5 Å². The van der Waals surface area contributed by atoms with Gasteiger partial charge in [0, 0.05) is 12.1 Å². The van der Waals surface area contributed by atoms with Crippen molar-refractivity contribution in [2.75, 3.05) is 25.3 Å². The highest BCUT2D eigenvalue weighted by Gasteiger charge is 2.15. The van der Waals surface area contributed by atoms with Crippen molar-refractivity contribution in [1.82, 2.24) is 19.7 Å². The molecule has 1 N–H and O–H groups in total. The third-order valence-electron chi connectivity index (χ3n) is 4.49. The van der Waals surface area contributed by atoms with Crippen LogP contribution in [-0.2, 0) is 4.79 Å². The zero-order valence-corrected chi connectivity index (χ0v) is 18.6. The van der Waals surface area contributed by atoms with E-state index < -0.39 is 0 Å². The van der Waals surface area contributed by atoms with Crippen molar-refractivity contribution in [3.05, 3.63) is 59.8 Å². The summed E-state index contributed by atoms with van der Waals surface area (Å²) in [5.41, 5.74) is 1.66. The monoisotopic (exact) mass is 473 g/mol. The molecule has 4 aromatic rings. The van der Waals surface area contributed by atoms with E-state index in [0.717, 1.165) is 0 Å². The van der Waals surface area contributed by atoms with Crippen molar-refractivity contribution >= 4 is 46.0 Å². The number of benzene rings is 2. The topological polar surface area (TPSA) is 91.2 Å². The highest BCUT2D eigenvalue weighted by molar-refractivity contribution is 8.00. The highest BCUT2D eigenvalue weighted by Crippen LogP contribution is 2.36. The third-order valence-corrected chi connectivity index (χ3v) is 5.79. The first kappa shape index (κ1) is 21.8. The fraction of sp³-hybridized carbons (Fsp3) is 0.143. The number of methoxy groups -OCH3 is 2. The number of anilines is 1. The molecule has 164 valence electrons. The summed E-state index contributed by atoms with van der Waals surface area (Å²) in [6.45, 7) is 0. The van der Waals surface area contributed by atoms with E-state index in [1.54, 1.807) is 35.1 Å². The molecular weight excluding hydrogens is 457 g/mol. The zero-order chi connectivity index (χ0) is 22.7. The van der Waals surface area contributed by atoms with Gasteiger partial charge in [0.1, 0.15) is 28.7 Å². The second-order valence-electron chi connectivity index (χ2n) is 6.47. The summed E-state index contributed by atoms with van der Waals surface area (Å²) < 4.78 is 25.3. The number of thioether (sulfide) groups is 1. The number of nitrogens with zero attached hydrogens (tertiary/aromatic N) is 4. The van der Waals surface area contributed by atoms with E-state index in [1.165, 1.54) is 44.4 Å². The van der Waals surface area contributed by atoms with Gasteiger partial charge in [0.05, 0.1) is 48.0 Å². The largest absolute Gasteiger partial charge is 0.495 e. The molecule has 0 saturated heterocycles. The molecular formula is C21H17ClFN5O3S. The molecule has 0 aliphatic heterocycles. The predicted octanol–water partition coefficient (Wildman–Crippen LogP) is 4.36. The van der Waals surface area contributed by atoms with Crippen molar-refractivity contribution < 1.29 is 18.7 Å². The lowest BCUT2D eigenvalue weighted by molar-refractivity contribution is -0.113. The molecule has 0 atom stereocenters. The molecule has 32 heavy (non-hydrogen) atoms. The van der Waals surface area contributed by atoms with Gasteiger partial charge >= 0.3 is 0 Å². The summed E-state index contributed by atoms with van der Waals surface area (Å²) in [6.07, 6.45) is 3.02. The van der Waals surface area contributed by atoms with Gasteiger partial charge in [0.15, 0.2) is 5.65 Å². The minimum atomic E-state index is -0.336. The molecule has 0 aliphatic carbocycles. The fourth-order valence-electron chi connectivity index (χ4n) is 2.99. The van der Waals surface area contributed by atoms with Crippen LogP contribution in [0.4, 0.5) is 10.1 Å². The molecule has 0 bridgehead atoms. The summed E-state index contributed by atoms with van der Waals surface area (Å²) in [4.78, 5) is 21.1. The molecule has 11 heteroatoms. The average molecular weight is 474 g/mol. The van der Waals surface area contributed by atoms with Gasteiger partial charge in [-0.25, -0.2) is 19.0 Å². The van der Waals surface area contributed by atoms with Crippen LogP contribution in [0, 0.1) is 5.82 Å². The van der Waals surface area contributed by atoms with Gasteiger partial charge in [-0.3, -0.25) is 4.79 Å². The molecule has 0 spiro atoms. The molecule has 0 radical (unpaired) electrons. The van der Waals surface area contributed by atoms with Gasteiger partial charge in [0.25, 0.3) is 0 Å². The van der Waals surface area contributed by atoms with Crippen molar-refractivity contribution in [3.8, 4) is 17.2 Å². The number of amides is 1. The summed E-state index contributed by atoms with van der Waals surface area (Å²) in [7, 11) is 2.97. The standard InChI is InChI=1S/C21H17ClFN5O3S/c1-30-17-8-16(18(31-2)7-15(17)22)27-19(29)10-32-21-14-9-26-28(20(14)24-11-25-21)13-5-3-12(23)4-6-13/h3-9,11H,10H2,1-2H3,(H,27,29). The molecule has 0 fully saturated rings. The van der Waals surface area contributed by atoms with E-state index in [0.29, 0.717) is 44.0 Å². The Labute approximate surface area is 191 Å². The number of hydrogen-bond donors (Lipinski definition) is 1. The van der Waals surface area contributed by atoms with Crippen LogP contribution in [0.25, 0.3) is 16.7 Å². The van der Waals surface area contributed by atoms with Gasteiger partial charge in [-0.05, 0) is 24.3 Å². The number of aromatic nitrogens is 4. The smallest absolute Gasteiger partial charge is 0.234 e. The first-order chi connectivity index (χ1) is 15.5. The van der Waals surface area contributed by atoms with Crippen molar-refractivity contribution in [3.63, 3.8) is 0 Å². The van der Waals surface area contributed by atoms with Crippen molar-refractivity contribution in [2.45, 2.75) is 5.03 Å². The van der Waals surface area contributed by atoms with E-state index >= 15 is 0 Å². The number of carbonyl (C=O) groups excluding carboxylic acids is 1. The number of nitrogens with one attached hydrogen (secondary N) is 1. The third kappa shape index (κ3) is 4.46. The van der Waals surface area contributed by atoms with Gasteiger partial charge < -0.3 is 14.8 Å². The van der Waals surface area contributed by atoms with Crippen molar-refractivity contribution in [1.29, 1.82) is 0 Å². The molecule has 0 aliphatic rings. The summed E-state index contributed by atoms with van der Waals surface area (Å²) >= 11 is 7.35. The maximum absolute atomic E-state index is 13.2. The lowest BCUT2D eigenvalue weighted by atomic mass is 10.2. The minimum Gasteiger partial charge on any atom is -0.495 e. The van der Waals surface area contributed by atoms with Gasteiger partial charge in [-0.1, -0.05) is 23.4 Å². The van der Waals surface area contributed by atoms with Crippen LogP contribution in [0.2, 0.25) is 5.02 Å². The summed E-state index contributed by atoms with van der Waals surface area (Å²) in [5.74, 6) is 0.315. The SMILES string of the molecule is COc1cc(NC(=O)CSc2ncnc3c2cnn3-c2ccc(F)cc2)c(OC)cc1Cl. The molecule has 1 amide bonds. The lowest BCUT2D eigenvalue weighted by Crippen LogP contribution is -2.15. The number of carbonyl (C=O) groups is 1. The van der Waals surface area contributed by atoms with Gasteiger partial charge in [-0.15, -0.1) is 0 Å². The van der Waals surface area contributed by atoms with Crippen LogP contribution in [0.3, 0.4) is 0 Å². The van der Waals surface area contributed by atoms with Crippen LogP contribution >= 0.6 is 23.4 Å². The van der Waals surface area contributed by atoms with E-state index in [4.69, 9.17) is 21.1 Å². The zero-order valence-electron chi connectivity index (χ0n) is 17.0. The average Bonchev–Trinajstić information content (AvgIpc) is 3.24. The number of hydrogen-bond acceptors (Lipinski definition) is 7. The number of halogens is 2. The second kappa shape index (κ2) is 9.41. The van der Waals surface area contributed by atoms with Gasteiger partial charge in [-0.2, -0.15) is 5.10 Å². The predicted molar refractivity (Wildman–Crippen MR) is 121 cm³/mol. The summed E-state index contributed by atoms with van der Waals surface area (Å²) in [6, 6.07) is 9.09. The summed E-state index contributed by atoms with van der Waals surface area (Å²) in [5, 5.41) is 8.78. The van der Waals surface area contributed by atoms with E-state index in [9.17, 15) is 9.18 Å². The lowest BCUT2D eigenvalue weighted by Gasteiger charge is -2.13. The quantitative estimate of drug-likeness (QED) is 0.315. The molecule has 2 heterocycles. The molecule has 4 rings (SSSR count). The molecule has 2 aromatic carbocycles. The Bertz CT molecular complexity index is 1280. The van der Waals surface area contributed by atoms with Crippen LogP contribution in [0.1, 0.15) is 0 Å². The molecule has 0 saturated carbocycles. The second-order valence-corrected chi connectivity index (χ2v) is 7.84. The molecule has 0 unspecified atom stereocenters. The Morgan fingerprint density at radius 3 is 2.62 bits per heavy atom. The number of rotatable bonds is 7. The number of ether oxygens (including phenoxy) is 2. The molecule has 8 nitrogen and oxygen atoms in total. The fourth-order valence-corrected chi connectivity index (χ4v) is 3.98.